The van der Waals surface area contributed by atoms with Gasteiger partial charge in [0, 0.05) is 50.7 Å². The van der Waals surface area contributed by atoms with E-state index in [2.05, 4.69) is 53.5 Å². The Morgan fingerprint density at radius 1 is 1.17 bits per heavy atom. The molecule has 1 saturated heterocycles. The Hall–Kier alpha value is -0.620. The zero-order valence-corrected chi connectivity index (χ0v) is 21.7. The SMILES string of the molecule is CCNC(=NCCCN(C(C)C)C(C)C)NCCC(=O)NC1CCS(=O)(=O)C1.I. The standard InChI is InChI=1S/C19H39N5O3S.HI/c1-6-20-19(21-10-7-12-24(15(2)3)16(4)5)22-11-8-18(25)23-17-9-13-28(26,27)14-17;/h15-17H,6-14H2,1-5H3,(H,23,25)(H2,20,21,22);1H. The maximum atomic E-state index is 12.0. The van der Waals surface area contributed by atoms with Gasteiger partial charge in [0.1, 0.15) is 0 Å². The number of amides is 1. The van der Waals surface area contributed by atoms with Crippen molar-refractivity contribution in [2.24, 2.45) is 4.99 Å². The third-order valence-electron chi connectivity index (χ3n) is 4.76. The molecule has 1 aliphatic heterocycles. The molecule has 1 heterocycles. The highest BCUT2D eigenvalue weighted by molar-refractivity contribution is 14.0. The van der Waals surface area contributed by atoms with E-state index in [-0.39, 0.29) is 53.9 Å². The third-order valence-corrected chi connectivity index (χ3v) is 6.53. The number of sulfone groups is 1. The van der Waals surface area contributed by atoms with Crippen LogP contribution in [0.3, 0.4) is 0 Å². The summed E-state index contributed by atoms with van der Waals surface area (Å²) in [6, 6.07) is 0.789. The summed E-state index contributed by atoms with van der Waals surface area (Å²) >= 11 is 0. The van der Waals surface area contributed by atoms with Gasteiger partial charge in [-0.05, 0) is 47.5 Å². The molecule has 0 aliphatic carbocycles. The minimum Gasteiger partial charge on any atom is -0.357 e. The van der Waals surface area contributed by atoms with Crippen LogP contribution in [0.4, 0.5) is 0 Å². The highest BCUT2D eigenvalue weighted by Gasteiger charge is 2.28. The molecule has 0 aromatic carbocycles. The van der Waals surface area contributed by atoms with E-state index in [4.69, 9.17) is 0 Å². The molecule has 1 fully saturated rings. The average molecular weight is 546 g/mol. The monoisotopic (exact) mass is 545 g/mol. The largest absolute Gasteiger partial charge is 0.357 e. The van der Waals surface area contributed by atoms with E-state index in [1.165, 1.54) is 0 Å². The lowest BCUT2D eigenvalue weighted by molar-refractivity contribution is -0.121. The van der Waals surface area contributed by atoms with Crippen LogP contribution in [0.25, 0.3) is 0 Å². The lowest BCUT2D eigenvalue weighted by atomic mass is 10.2. The summed E-state index contributed by atoms with van der Waals surface area (Å²) in [7, 11) is -2.98. The molecular weight excluding hydrogens is 505 g/mol. The van der Waals surface area contributed by atoms with Crippen molar-refractivity contribution in [2.75, 3.05) is 37.7 Å². The zero-order valence-electron chi connectivity index (χ0n) is 18.5. The highest BCUT2D eigenvalue weighted by Crippen LogP contribution is 2.11. The molecule has 0 aromatic rings. The lowest BCUT2D eigenvalue weighted by Crippen LogP contribution is -2.41. The van der Waals surface area contributed by atoms with Crippen LogP contribution in [0.5, 0.6) is 0 Å². The van der Waals surface area contributed by atoms with E-state index in [1.807, 2.05) is 6.92 Å². The quantitative estimate of drug-likeness (QED) is 0.157. The van der Waals surface area contributed by atoms with Crippen LogP contribution in [0, 0.1) is 0 Å². The zero-order chi connectivity index (χ0) is 21.2. The van der Waals surface area contributed by atoms with Crippen molar-refractivity contribution in [2.45, 2.75) is 72.0 Å². The van der Waals surface area contributed by atoms with Gasteiger partial charge in [-0.15, -0.1) is 24.0 Å². The number of rotatable bonds is 11. The second-order valence-corrected chi connectivity index (χ2v) is 10.1. The van der Waals surface area contributed by atoms with Crippen molar-refractivity contribution in [3.8, 4) is 0 Å². The summed E-state index contributed by atoms with van der Waals surface area (Å²) in [6.45, 7) is 13.8. The van der Waals surface area contributed by atoms with E-state index < -0.39 is 9.84 Å². The van der Waals surface area contributed by atoms with Gasteiger partial charge in [0.2, 0.25) is 5.91 Å². The summed E-state index contributed by atoms with van der Waals surface area (Å²) < 4.78 is 22.9. The fraction of sp³-hybridized carbons (Fsp3) is 0.895. The topological polar surface area (TPSA) is 103 Å². The normalized spacial score (nSPS) is 18.8. The van der Waals surface area contributed by atoms with Crippen LogP contribution in [0.1, 0.15) is 53.9 Å². The van der Waals surface area contributed by atoms with E-state index in [9.17, 15) is 13.2 Å². The fourth-order valence-corrected chi connectivity index (χ4v) is 5.08. The number of hydrogen-bond acceptors (Lipinski definition) is 5. The predicted molar refractivity (Wildman–Crippen MR) is 131 cm³/mol. The number of aliphatic imine (C=N–C) groups is 1. The van der Waals surface area contributed by atoms with E-state index in [0.29, 0.717) is 31.0 Å². The molecule has 29 heavy (non-hydrogen) atoms. The van der Waals surface area contributed by atoms with Crippen molar-refractivity contribution in [1.29, 1.82) is 0 Å². The minimum absolute atomic E-state index is 0. The first kappa shape index (κ1) is 28.4. The number of nitrogens with one attached hydrogen (secondary N) is 3. The minimum atomic E-state index is -2.98. The number of halogens is 1. The maximum absolute atomic E-state index is 12.0. The molecule has 1 rings (SSSR count). The molecule has 0 aromatic heterocycles. The molecule has 1 unspecified atom stereocenters. The fourth-order valence-electron chi connectivity index (χ4n) is 3.40. The summed E-state index contributed by atoms with van der Waals surface area (Å²) in [4.78, 5) is 19.0. The van der Waals surface area contributed by atoms with Gasteiger partial charge < -0.3 is 16.0 Å². The van der Waals surface area contributed by atoms with Crippen LogP contribution in [-0.4, -0.2) is 81.0 Å². The van der Waals surface area contributed by atoms with Gasteiger partial charge in [-0.2, -0.15) is 0 Å². The maximum Gasteiger partial charge on any atom is 0.222 e. The van der Waals surface area contributed by atoms with E-state index in [0.717, 1.165) is 26.1 Å². The molecule has 0 radical (unpaired) electrons. The first-order valence-electron chi connectivity index (χ1n) is 10.4. The molecule has 172 valence electrons. The van der Waals surface area contributed by atoms with Crippen molar-refractivity contribution in [1.82, 2.24) is 20.9 Å². The Kier molecular flexibility index (Phi) is 14.1. The van der Waals surface area contributed by atoms with Crippen molar-refractivity contribution >= 4 is 45.7 Å². The van der Waals surface area contributed by atoms with Gasteiger partial charge in [0.05, 0.1) is 11.5 Å². The molecule has 1 atom stereocenters. The molecule has 1 aliphatic rings. The molecular formula is C19H40IN5O3S. The van der Waals surface area contributed by atoms with Crippen LogP contribution in [0.2, 0.25) is 0 Å². The molecule has 1 amide bonds. The van der Waals surface area contributed by atoms with Gasteiger partial charge >= 0.3 is 0 Å². The van der Waals surface area contributed by atoms with Gasteiger partial charge in [-0.1, -0.05) is 0 Å². The number of nitrogens with zero attached hydrogens (tertiary/aromatic N) is 2. The van der Waals surface area contributed by atoms with Crippen LogP contribution in [-0.2, 0) is 14.6 Å². The Balaban J connectivity index is 0.00000784. The molecule has 0 saturated carbocycles. The summed E-state index contributed by atoms with van der Waals surface area (Å²) in [5.74, 6) is 0.799. The van der Waals surface area contributed by atoms with Crippen LogP contribution < -0.4 is 16.0 Å². The molecule has 0 bridgehead atoms. The van der Waals surface area contributed by atoms with Crippen molar-refractivity contribution < 1.29 is 13.2 Å². The van der Waals surface area contributed by atoms with Gasteiger partial charge in [0.15, 0.2) is 15.8 Å². The first-order valence-corrected chi connectivity index (χ1v) is 12.2. The van der Waals surface area contributed by atoms with Gasteiger partial charge in [0.25, 0.3) is 0 Å². The molecule has 8 nitrogen and oxygen atoms in total. The highest BCUT2D eigenvalue weighted by atomic mass is 127. The Morgan fingerprint density at radius 2 is 1.83 bits per heavy atom. The number of carbonyl (C=O) groups is 1. The second-order valence-electron chi connectivity index (χ2n) is 7.88. The smallest absolute Gasteiger partial charge is 0.222 e. The van der Waals surface area contributed by atoms with E-state index in [1.54, 1.807) is 0 Å². The Bertz CT molecular complexity index is 603. The van der Waals surface area contributed by atoms with Crippen molar-refractivity contribution in [3.63, 3.8) is 0 Å². The second kappa shape index (κ2) is 14.4. The Labute approximate surface area is 194 Å². The van der Waals surface area contributed by atoms with Gasteiger partial charge in [-0.3, -0.25) is 14.7 Å². The molecule has 0 spiro atoms. The lowest BCUT2D eigenvalue weighted by Gasteiger charge is -2.30. The number of guanidine groups is 1. The number of hydrogen-bond donors (Lipinski definition) is 3. The Morgan fingerprint density at radius 3 is 2.34 bits per heavy atom. The first-order chi connectivity index (χ1) is 13.1. The summed E-state index contributed by atoms with van der Waals surface area (Å²) in [6.07, 6.45) is 1.77. The molecule has 10 heteroatoms. The van der Waals surface area contributed by atoms with E-state index >= 15 is 0 Å². The molecule has 3 N–H and O–H groups in total. The van der Waals surface area contributed by atoms with Crippen LogP contribution >= 0.6 is 24.0 Å². The number of carbonyl (C=O) groups excluding carboxylic acids is 1. The van der Waals surface area contributed by atoms with Crippen molar-refractivity contribution in [3.05, 3.63) is 0 Å². The summed E-state index contributed by atoms with van der Waals surface area (Å²) in [5.41, 5.74) is 0. The average Bonchev–Trinajstić information content (AvgIpc) is 2.92. The van der Waals surface area contributed by atoms with Crippen LogP contribution in [0.15, 0.2) is 4.99 Å². The van der Waals surface area contributed by atoms with Gasteiger partial charge in [-0.25, -0.2) is 8.42 Å². The predicted octanol–water partition coefficient (Wildman–Crippen LogP) is 1.36. The third kappa shape index (κ3) is 12.0. The summed E-state index contributed by atoms with van der Waals surface area (Å²) in [5, 5.41) is 9.16.